The van der Waals surface area contributed by atoms with Crippen LogP contribution >= 0.6 is 11.6 Å². The molecule has 1 amide bonds. The summed E-state index contributed by atoms with van der Waals surface area (Å²) in [5.41, 5.74) is 1.90. The molecule has 2 aromatic rings. The van der Waals surface area contributed by atoms with E-state index in [0.717, 1.165) is 29.1 Å². The Balaban J connectivity index is 1.54. The molecule has 0 aromatic heterocycles. The number of piperazine rings is 1. The van der Waals surface area contributed by atoms with Gasteiger partial charge in [-0.05, 0) is 41.7 Å². The highest BCUT2D eigenvalue weighted by Gasteiger charge is 2.48. The first-order valence-electron chi connectivity index (χ1n) is 8.66. The van der Waals surface area contributed by atoms with Gasteiger partial charge in [0.25, 0.3) is 0 Å². The van der Waals surface area contributed by atoms with Crippen LogP contribution in [0.1, 0.15) is 29.5 Å². The highest BCUT2D eigenvalue weighted by molar-refractivity contribution is 6.31. The fourth-order valence-corrected chi connectivity index (χ4v) is 4.06. The molecular formula is C20H20ClFN2O. The number of nitrogens with one attached hydrogen (secondary N) is 1. The van der Waals surface area contributed by atoms with E-state index in [0.29, 0.717) is 13.1 Å². The van der Waals surface area contributed by atoms with Gasteiger partial charge in [0.15, 0.2) is 0 Å². The maximum atomic E-state index is 13.6. The molecule has 2 aromatic carbocycles. The topological polar surface area (TPSA) is 32.3 Å². The maximum absolute atomic E-state index is 13.6. The number of carbonyl (C=O) groups is 1. The lowest BCUT2D eigenvalue weighted by Gasteiger charge is -2.37. The average molecular weight is 359 g/mol. The van der Waals surface area contributed by atoms with E-state index in [2.05, 4.69) is 5.32 Å². The van der Waals surface area contributed by atoms with Crippen molar-refractivity contribution in [3.05, 3.63) is 70.5 Å². The van der Waals surface area contributed by atoms with E-state index in [9.17, 15) is 9.18 Å². The predicted molar refractivity (Wildman–Crippen MR) is 96.0 cm³/mol. The Morgan fingerprint density at radius 3 is 2.84 bits per heavy atom. The summed E-state index contributed by atoms with van der Waals surface area (Å²) in [6.07, 6.45) is 0.836. The summed E-state index contributed by atoms with van der Waals surface area (Å²) in [5.74, 6) is 0.0647. The van der Waals surface area contributed by atoms with Crippen LogP contribution in [-0.4, -0.2) is 30.4 Å². The molecule has 0 bridgehead atoms. The largest absolute Gasteiger partial charge is 0.333 e. The summed E-state index contributed by atoms with van der Waals surface area (Å²) in [6.45, 7) is 2.06. The zero-order chi connectivity index (χ0) is 17.4. The molecule has 25 heavy (non-hydrogen) atoms. The second-order valence-electron chi connectivity index (χ2n) is 6.78. The van der Waals surface area contributed by atoms with E-state index in [4.69, 9.17) is 11.6 Å². The predicted octanol–water partition coefficient (Wildman–Crippen LogP) is 3.76. The van der Waals surface area contributed by atoms with Gasteiger partial charge in [0.1, 0.15) is 5.82 Å². The van der Waals surface area contributed by atoms with Gasteiger partial charge in [-0.2, -0.15) is 0 Å². The van der Waals surface area contributed by atoms with Gasteiger partial charge in [0.2, 0.25) is 5.91 Å². The van der Waals surface area contributed by atoms with E-state index >= 15 is 0 Å². The van der Waals surface area contributed by atoms with E-state index in [-0.39, 0.29) is 29.6 Å². The van der Waals surface area contributed by atoms with Crippen molar-refractivity contribution in [1.82, 2.24) is 10.2 Å². The van der Waals surface area contributed by atoms with Crippen LogP contribution in [0.4, 0.5) is 4.39 Å². The van der Waals surface area contributed by atoms with Gasteiger partial charge in [0.05, 0.1) is 6.04 Å². The number of hydrogen-bond donors (Lipinski definition) is 1. The Morgan fingerprint density at radius 1 is 1.20 bits per heavy atom. The molecule has 0 radical (unpaired) electrons. The minimum absolute atomic E-state index is 0.0194. The van der Waals surface area contributed by atoms with Crippen molar-refractivity contribution < 1.29 is 9.18 Å². The van der Waals surface area contributed by atoms with Crippen LogP contribution in [0.5, 0.6) is 0 Å². The summed E-state index contributed by atoms with van der Waals surface area (Å²) in [5, 5.41) is 4.04. The first-order valence-corrected chi connectivity index (χ1v) is 9.04. The molecule has 2 aliphatic rings. The van der Waals surface area contributed by atoms with Crippen molar-refractivity contribution in [3.8, 4) is 0 Å². The van der Waals surface area contributed by atoms with Gasteiger partial charge in [-0.15, -0.1) is 0 Å². The minimum Gasteiger partial charge on any atom is -0.333 e. The number of nitrogens with zero attached hydrogens (tertiary/aromatic N) is 1. The molecule has 1 saturated carbocycles. The van der Waals surface area contributed by atoms with Crippen LogP contribution in [0.3, 0.4) is 0 Å². The van der Waals surface area contributed by atoms with Crippen LogP contribution in [0.25, 0.3) is 0 Å². The van der Waals surface area contributed by atoms with Crippen molar-refractivity contribution >= 4 is 17.5 Å². The van der Waals surface area contributed by atoms with Gasteiger partial charge in [0, 0.05) is 30.6 Å². The summed E-state index contributed by atoms with van der Waals surface area (Å²) in [4.78, 5) is 15.0. The third-order valence-corrected chi connectivity index (χ3v) is 5.52. The van der Waals surface area contributed by atoms with E-state index < -0.39 is 0 Å². The number of carbonyl (C=O) groups excluding carboxylic acids is 1. The third kappa shape index (κ3) is 3.29. The average Bonchev–Trinajstić information content (AvgIpc) is 3.42. The van der Waals surface area contributed by atoms with Crippen LogP contribution in [-0.2, 0) is 4.79 Å². The fourth-order valence-electron chi connectivity index (χ4n) is 3.78. The molecule has 130 valence electrons. The molecule has 1 aliphatic carbocycles. The van der Waals surface area contributed by atoms with Gasteiger partial charge in [-0.1, -0.05) is 41.9 Å². The molecule has 0 spiro atoms. The number of benzene rings is 2. The van der Waals surface area contributed by atoms with Gasteiger partial charge >= 0.3 is 0 Å². The van der Waals surface area contributed by atoms with Crippen LogP contribution in [0.15, 0.2) is 48.5 Å². The lowest BCUT2D eigenvalue weighted by Crippen LogP contribution is -2.49. The van der Waals surface area contributed by atoms with Crippen LogP contribution < -0.4 is 5.32 Å². The van der Waals surface area contributed by atoms with Crippen molar-refractivity contribution in [2.24, 2.45) is 5.92 Å². The van der Waals surface area contributed by atoms with Crippen molar-refractivity contribution in [1.29, 1.82) is 0 Å². The highest BCUT2D eigenvalue weighted by Crippen LogP contribution is 2.51. The molecule has 5 heteroatoms. The standard InChI is InChI=1S/C20H20ClFN2O/c21-18-7-2-1-6-15(18)16-11-17(16)20(25)24-9-8-23-12-19(24)13-4-3-5-14(22)10-13/h1-7,10,16-17,19,23H,8-9,11-12H2. The first kappa shape index (κ1) is 16.6. The Kier molecular flexibility index (Phi) is 4.48. The molecule has 1 aliphatic heterocycles. The van der Waals surface area contributed by atoms with Gasteiger partial charge in [-0.3, -0.25) is 4.79 Å². The zero-order valence-electron chi connectivity index (χ0n) is 13.8. The molecular weight excluding hydrogens is 339 g/mol. The van der Waals surface area contributed by atoms with Crippen LogP contribution in [0, 0.1) is 11.7 Å². The van der Waals surface area contributed by atoms with Crippen molar-refractivity contribution in [3.63, 3.8) is 0 Å². The quantitative estimate of drug-likeness (QED) is 0.906. The van der Waals surface area contributed by atoms with Gasteiger partial charge in [-0.25, -0.2) is 4.39 Å². The maximum Gasteiger partial charge on any atom is 0.226 e. The third-order valence-electron chi connectivity index (χ3n) is 5.17. The van der Waals surface area contributed by atoms with E-state index in [1.54, 1.807) is 6.07 Å². The Hall–Kier alpha value is -1.91. The molecule has 3 nitrogen and oxygen atoms in total. The molecule has 1 saturated heterocycles. The Labute approximate surface area is 151 Å². The molecule has 3 unspecified atom stereocenters. The number of halogens is 2. The first-order chi connectivity index (χ1) is 12.1. The number of amides is 1. The molecule has 4 rings (SSSR count). The summed E-state index contributed by atoms with van der Waals surface area (Å²) >= 11 is 6.28. The normalized spacial score (nSPS) is 25.7. The fraction of sp³-hybridized carbons (Fsp3) is 0.350. The summed E-state index contributed by atoms with van der Waals surface area (Å²) < 4.78 is 13.6. The Bertz CT molecular complexity index is 797. The van der Waals surface area contributed by atoms with Crippen molar-refractivity contribution in [2.75, 3.05) is 19.6 Å². The van der Waals surface area contributed by atoms with E-state index in [1.807, 2.05) is 35.2 Å². The summed E-state index contributed by atoms with van der Waals surface area (Å²) in [7, 11) is 0. The number of rotatable bonds is 3. The molecule has 3 atom stereocenters. The van der Waals surface area contributed by atoms with E-state index in [1.165, 1.54) is 12.1 Å². The SMILES string of the molecule is O=C(C1CC1c1ccccc1Cl)N1CCNCC1c1cccc(F)c1. The monoisotopic (exact) mass is 358 g/mol. The molecule has 2 fully saturated rings. The molecule has 1 heterocycles. The van der Waals surface area contributed by atoms with Gasteiger partial charge < -0.3 is 10.2 Å². The van der Waals surface area contributed by atoms with Crippen LogP contribution in [0.2, 0.25) is 5.02 Å². The second-order valence-corrected chi connectivity index (χ2v) is 7.18. The lowest BCUT2D eigenvalue weighted by atomic mass is 10.0. The lowest BCUT2D eigenvalue weighted by molar-refractivity contribution is -0.136. The second kappa shape index (κ2) is 6.77. The zero-order valence-corrected chi connectivity index (χ0v) is 14.5. The minimum atomic E-state index is -0.268. The number of hydrogen-bond acceptors (Lipinski definition) is 2. The summed E-state index contributed by atoms with van der Waals surface area (Å²) in [6, 6.07) is 14.2. The van der Waals surface area contributed by atoms with Crippen molar-refractivity contribution in [2.45, 2.75) is 18.4 Å². The smallest absolute Gasteiger partial charge is 0.226 e. The molecule has 1 N–H and O–H groups in total. The highest BCUT2D eigenvalue weighted by atomic mass is 35.5. The Morgan fingerprint density at radius 2 is 2.04 bits per heavy atom.